The average molecular weight is 1810 g/mol. The number of carbonyl (C=O) groups is 6. The average Bonchev–Trinajstić information content (AvgIpc) is 1.62. The van der Waals surface area contributed by atoms with Gasteiger partial charge in [-0.15, -0.1) is 0 Å². The topological polar surface area (TPSA) is 413 Å². The van der Waals surface area contributed by atoms with E-state index in [0.29, 0.717) is 17.1 Å². The van der Waals surface area contributed by atoms with Crippen LogP contribution in [0.2, 0.25) is 0 Å². The molecule has 15 rings (SSSR count). The molecule has 664 valence electrons. The molecule has 0 spiro atoms. The monoisotopic (exact) mass is 1800 g/mol. The first kappa shape index (κ1) is 96.3. The van der Waals surface area contributed by atoms with E-state index in [4.69, 9.17) is 29.9 Å². The van der Waals surface area contributed by atoms with Crippen LogP contribution in [-0.2, 0) is 101 Å². The smallest absolute Gasteiger partial charge is 0.550 e. The Bertz CT molecular complexity index is 6220. The van der Waals surface area contributed by atoms with Crippen LogP contribution < -0.4 is 30.6 Å². The van der Waals surface area contributed by atoms with Crippen LogP contribution in [0.1, 0.15) is 295 Å². The molecule has 0 amide bonds. The van der Waals surface area contributed by atoms with Gasteiger partial charge in [0.15, 0.2) is 0 Å². The predicted molar refractivity (Wildman–Crippen MR) is 488 cm³/mol. The van der Waals surface area contributed by atoms with Crippen LogP contribution in [0.4, 0.5) is 0 Å². The third-order valence-corrected chi connectivity index (χ3v) is 26.0. The molecule has 9 aromatic heterocycles. The number of H-pyrrole nitrogens is 6. The summed E-state index contributed by atoms with van der Waals surface area (Å²) >= 11 is 0. The number of allylic oxidation sites excluding steroid dienone is 12. The van der Waals surface area contributed by atoms with Crippen molar-refractivity contribution in [2.24, 2.45) is 0 Å². The Labute approximate surface area is 765 Å². The van der Waals surface area contributed by atoms with Gasteiger partial charge in [0.1, 0.15) is 0 Å². The van der Waals surface area contributed by atoms with Gasteiger partial charge in [-0.25, -0.2) is 29.9 Å². The molecule has 2 radical (unpaired) electrons. The largest absolute Gasteiger partial charge is 3.00 e. The second kappa shape index (κ2) is 40.3. The molecular weight excluding hydrogens is 1700 g/mol. The summed E-state index contributed by atoms with van der Waals surface area (Å²) in [6.07, 6.45) is 5.94. The first-order valence-electron chi connectivity index (χ1n) is 43.7. The zero-order chi connectivity index (χ0) is 90.9. The van der Waals surface area contributed by atoms with Gasteiger partial charge in [0.2, 0.25) is 0 Å². The molecule has 0 aromatic carbocycles. The first-order valence-corrected chi connectivity index (χ1v) is 43.7. The summed E-state index contributed by atoms with van der Waals surface area (Å²) in [5.41, 5.74) is 44.8. The van der Waals surface area contributed by atoms with Crippen LogP contribution in [0.3, 0.4) is 0 Å². The van der Waals surface area contributed by atoms with E-state index in [1.165, 1.54) is 16.7 Å². The summed E-state index contributed by atoms with van der Waals surface area (Å²) in [6.45, 7) is 37.2. The van der Waals surface area contributed by atoms with E-state index in [9.17, 15) is 59.4 Å². The molecule has 0 saturated heterocycles. The van der Waals surface area contributed by atoms with Crippen LogP contribution in [0.5, 0.6) is 0 Å². The molecule has 9 aromatic rings. The van der Waals surface area contributed by atoms with Crippen LogP contribution in [0, 0.1) is 41.5 Å². The normalized spacial score (nSPS) is 13.1. The first-order chi connectivity index (χ1) is 60.0. The Hall–Kier alpha value is -12.3. The predicted octanol–water partition coefficient (Wildman–Crippen LogP) is 14.9. The van der Waals surface area contributed by atoms with Gasteiger partial charge in [-0.1, -0.05) is 41.5 Å². The van der Waals surface area contributed by atoms with E-state index in [1.807, 2.05) is 96.1 Å². The van der Waals surface area contributed by atoms with Gasteiger partial charge >= 0.3 is 34.1 Å². The summed E-state index contributed by atoms with van der Waals surface area (Å²) in [6, 6.07) is 24.3. The minimum atomic E-state index is -1.12. The molecule has 15 heterocycles. The molecular formula is C102H108Fe2N12O12. The van der Waals surface area contributed by atoms with Gasteiger partial charge < -0.3 is 89.3 Å². The number of carboxylic acid groups (broad SMARTS) is 6. The van der Waals surface area contributed by atoms with Crippen LogP contribution >= 0.6 is 0 Å². The van der Waals surface area contributed by atoms with Gasteiger partial charge in [0.05, 0.1) is 68.3 Å². The van der Waals surface area contributed by atoms with Crippen molar-refractivity contribution in [3.8, 4) is 0 Å². The fourth-order valence-corrected chi connectivity index (χ4v) is 18.6. The molecule has 0 saturated carbocycles. The Morgan fingerprint density at radius 2 is 0.359 bits per heavy atom. The zero-order valence-corrected chi connectivity index (χ0v) is 78.2. The number of fused-ring (bicyclic) bond motifs is 24. The number of aromatic amines is 6. The number of carbonyl (C=O) groups excluding carboxylic acids is 6. The Morgan fingerprint density at radius 1 is 0.211 bits per heavy atom. The minimum absolute atomic E-state index is 0. The molecule has 128 heavy (non-hydrogen) atoms. The number of aryl methyl sites for hydroxylation is 12. The number of nitrogens with one attached hydrogen (secondary N) is 6. The maximum absolute atomic E-state index is 11.4. The molecule has 6 N–H and O–H groups in total. The van der Waals surface area contributed by atoms with Crippen molar-refractivity contribution in [3.63, 3.8) is 0 Å². The summed E-state index contributed by atoms with van der Waals surface area (Å²) < 4.78 is 0. The fraction of sp³-hybridized carbons (Fsp3) is 0.353. The molecule has 0 unspecified atom stereocenters. The van der Waals surface area contributed by atoms with Crippen molar-refractivity contribution in [2.75, 3.05) is 0 Å². The Kier molecular flexibility index (Phi) is 30.3. The number of aromatic nitrogens is 12. The van der Waals surface area contributed by atoms with Crippen molar-refractivity contribution in [1.82, 2.24) is 59.8 Å². The van der Waals surface area contributed by atoms with Gasteiger partial charge in [0.25, 0.3) is 0 Å². The van der Waals surface area contributed by atoms with Crippen LogP contribution in [0.15, 0.2) is 72.8 Å². The van der Waals surface area contributed by atoms with Gasteiger partial charge in [-0.05, 0) is 405 Å². The second-order valence-electron chi connectivity index (χ2n) is 33.3. The number of nitrogens with zero attached hydrogens (tertiary/aromatic N) is 6. The van der Waals surface area contributed by atoms with Crippen molar-refractivity contribution in [1.29, 1.82) is 0 Å². The number of hydrogen-bond acceptors (Lipinski definition) is 18. The molecule has 6 aliphatic heterocycles. The van der Waals surface area contributed by atoms with E-state index >= 15 is 0 Å². The summed E-state index contributed by atoms with van der Waals surface area (Å²) in [5, 5.41) is 68.5. The molecule has 0 atom stereocenters. The number of rotatable bonds is 24. The van der Waals surface area contributed by atoms with Gasteiger partial charge in [-0.3, -0.25) is 0 Å². The Morgan fingerprint density at radius 3 is 0.547 bits per heavy atom. The number of hydrogen-bond donors (Lipinski definition) is 6. The van der Waals surface area contributed by atoms with Crippen molar-refractivity contribution >= 4 is 169 Å². The van der Waals surface area contributed by atoms with Crippen molar-refractivity contribution < 1.29 is 93.5 Å². The summed E-state index contributed by atoms with van der Waals surface area (Å²) in [5.74, 6) is -6.72. The SMILES string of the molecule is CCC1=C(C)c2cc3[nH]c(cc4nc(cc5[nH]c(cc1n2)c(C)c5CCC(=O)[O-])C(CCC(=O)[O-])=C4C)c(C)c3CC.CCC1=C(C)c2cc3[nH]c(cc4nc(cc5[nH]c(cc1n2)c(C)c5CCC(=O)[O-])C(CCC(=O)[O-])=C4C)c(C)c3CC.CCC1=C(C)c2cc3[nH]c(cc4nc(cc5[nH]c(cc1n2)c(C)c5CCC(=O)[O-])C(CCC(=O)[O-])=C4C)c(C)c3CC.[Fe+3].[Fe+3]. The zero-order valence-electron chi connectivity index (χ0n) is 75.9. The van der Waals surface area contributed by atoms with Gasteiger partial charge in [-0.2, -0.15) is 0 Å². The standard InChI is InChI=1S/3C34H38N4O4.2Fe/c3*1-7-21-17(3)25-13-26-19(5)23(9-11-33(39)40)31(37-26)16-32-24(10-12-34(41)42)20(6)28(38-32)15-30-22(8-2)18(4)27(36-30)14-29(21)35-25;;/h3*13-16,35,38H,7-12H2,1-6H3,(H,39,40)(H,41,42);;/q;;;2*+3/p-6. The third kappa shape index (κ3) is 19.8. The molecule has 6 aliphatic rings. The summed E-state index contributed by atoms with van der Waals surface area (Å²) in [7, 11) is 0. The maximum Gasteiger partial charge on any atom is 3.00 e. The number of aliphatic carboxylic acids is 6. The Balaban J connectivity index is 0.000000185. The quantitative estimate of drug-likeness (QED) is 0.0306. The van der Waals surface area contributed by atoms with E-state index in [0.717, 1.165) is 273 Å². The van der Waals surface area contributed by atoms with Gasteiger partial charge in [0, 0.05) is 102 Å². The second-order valence-corrected chi connectivity index (χ2v) is 33.3. The van der Waals surface area contributed by atoms with E-state index in [2.05, 4.69) is 131 Å². The van der Waals surface area contributed by atoms with Crippen LogP contribution in [0.25, 0.3) is 133 Å². The summed E-state index contributed by atoms with van der Waals surface area (Å²) in [4.78, 5) is 120. The molecule has 26 heteroatoms. The third-order valence-electron chi connectivity index (χ3n) is 26.0. The molecule has 0 fully saturated rings. The minimum Gasteiger partial charge on any atom is -0.550 e. The van der Waals surface area contributed by atoms with E-state index in [1.54, 1.807) is 0 Å². The van der Waals surface area contributed by atoms with Crippen molar-refractivity contribution in [3.05, 3.63) is 208 Å². The van der Waals surface area contributed by atoms with E-state index < -0.39 is 35.8 Å². The number of carboxylic acids is 6. The maximum atomic E-state index is 11.4. The molecule has 24 bridgehead atoms. The van der Waals surface area contributed by atoms with Crippen molar-refractivity contribution in [2.45, 2.75) is 240 Å². The molecule has 24 nitrogen and oxygen atoms in total. The van der Waals surface area contributed by atoms with E-state index in [-0.39, 0.29) is 111 Å². The molecule has 0 aliphatic carbocycles. The fourth-order valence-electron chi connectivity index (χ4n) is 18.6. The van der Waals surface area contributed by atoms with Crippen LogP contribution in [-0.4, -0.2) is 95.6 Å².